The summed E-state index contributed by atoms with van der Waals surface area (Å²) in [4.78, 5) is 0. The van der Waals surface area contributed by atoms with Crippen molar-refractivity contribution < 1.29 is 14.6 Å². The van der Waals surface area contributed by atoms with Crippen molar-refractivity contribution in [2.75, 3.05) is 6.61 Å². The minimum Gasteiger partial charge on any atom is -0.491 e. The molecule has 18 heavy (non-hydrogen) atoms. The fourth-order valence-electron chi connectivity index (χ4n) is 2.23. The molecule has 0 aromatic heterocycles. The van der Waals surface area contributed by atoms with Gasteiger partial charge in [-0.05, 0) is 51.3 Å². The normalized spacial score (nSPS) is 23.9. The molecule has 3 nitrogen and oxygen atoms in total. The lowest BCUT2D eigenvalue weighted by Crippen LogP contribution is -2.23. The van der Waals surface area contributed by atoms with Gasteiger partial charge in [-0.1, -0.05) is 12.1 Å². The summed E-state index contributed by atoms with van der Waals surface area (Å²) in [5, 5.41) is 9.41. The molecule has 0 amide bonds. The van der Waals surface area contributed by atoms with E-state index >= 15 is 0 Å². The second kappa shape index (κ2) is 5.29. The van der Waals surface area contributed by atoms with E-state index in [1.807, 2.05) is 24.3 Å². The Hall–Kier alpha value is -1.06. The van der Waals surface area contributed by atoms with E-state index in [-0.39, 0.29) is 11.7 Å². The first-order chi connectivity index (χ1) is 8.46. The molecule has 2 atom stereocenters. The maximum absolute atomic E-state index is 9.41. The van der Waals surface area contributed by atoms with Gasteiger partial charge in [-0.15, -0.1) is 0 Å². The first-order valence-corrected chi connectivity index (χ1v) is 6.55. The highest BCUT2D eigenvalue weighted by Gasteiger charge is 2.31. The van der Waals surface area contributed by atoms with Crippen LogP contribution in [0.1, 0.15) is 45.3 Å². The number of ether oxygens (including phenoxy) is 2. The summed E-state index contributed by atoms with van der Waals surface area (Å²) in [6.07, 6.45) is 1.90. The number of hydrogen-bond acceptors (Lipinski definition) is 3. The number of benzene rings is 1. The van der Waals surface area contributed by atoms with Gasteiger partial charge >= 0.3 is 0 Å². The molecule has 0 aliphatic carbocycles. The summed E-state index contributed by atoms with van der Waals surface area (Å²) in [5.41, 5.74) is 0.894. The van der Waals surface area contributed by atoms with Crippen molar-refractivity contribution in [2.45, 2.75) is 51.4 Å². The van der Waals surface area contributed by atoms with Crippen molar-refractivity contribution >= 4 is 0 Å². The molecule has 0 spiro atoms. The quantitative estimate of drug-likeness (QED) is 0.892. The van der Waals surface area contributed by atoms with Crippen LogP contribution in [0.25, 0.3) is 0 Å². The molecule has 1 N–H and O–H groups in total. The largest absolute Gasteiger partial charge is 0.491 e. The van der Waals surface area contributed by atoms with E-state index in [4.69, 9.17) is 9.47 Å². The van der Waals surface area contributed by atoms with E-state index < -0.39 is 6.10 Å². The molecule has 1 aromatic carbocycles. The molecule has 1 heterocycles. The first kappa shape index (κ1) is 13.4. The van der Waals surface area contributed by atoms with Gasteiger partial charge in [0.25, 0.3) is 0 Å². The Morgan fingerprint density at radius 2 is 2.06 bits per heavy atom. The topological polar surface area (TPSA) is 38.7 Å². The number of rotatable bonds is 4. The predicted molar refractivity (Wildman–Crippen MR) is 70.8 cm³/mol. The average Bonchev–Trinajstić information content (AvgIpc) is 2.67. The zero-order valence-corrected chi connectivity index (χ0v) is 11.3. The Morgan fingerprint density at radius 3 is 2.56 bits per heavy atom. The van der Waals surface area contributed by atoms with Gasteiger partial charge in [-0.2, -0.15) is 0 Å². The number of aliphatic hydroxyl groups excluding tert-OH is 1. The van der Waals surface area contributed by atoms with Gasteiger partial charge in [-0.3, -0.25) is 0 Å². The van der Waals surface area contributed by atoms with Crippen LogP contribution in [0.15, 0.2) is 24.3 Å². The Morgan fingerprint density at radius 1 is 1.39 bits per heavy atom. The van der Waals surface area contributed by atoms with E-state index in [0.717, 1.165) is 24.2 Å². The van der Waals surface area contributed by atoms with Gasteiger partial charge in [0.2, 0.25) is 0 Å². The Bertz CT molecular complexity index is 381. The zero-order valence-electron chi connectivity index (χ0n) is 11.3. The van der Waals surface area contributed by atoms with Crippen molar-refractivity contribution in [3.63, 3.8) is 0 Å². The van der Waals surface area contributed by atoms with Gasteiger partial charge in [-0.25, -0.2) is 0 Å². The molecule has 1 saturated heterocycles. The standard InChI is InChI=1S/C15H22O3/c1-11(16)12-4-6-13(7-5-12)17-10-14-8-9-15(2,3)18-14/h4-7,11,14,16H,8-10H2,1-3H3/t11-,14?/m1/s1. The molecule has 0 bridgehead atoms. The highest BCUT2D eigenvalue weighted by molar-refractivity contribution is 5.28. The van der Waals surface area contributed by atoms with Crippen LogP contribution in [-0.2, 0) is 4.74 Å². The SMILES string of the molecule is C[C@@H](O)c1ccc(OCC2CCC(C)(C)O2)cc1. The number of hydrogen-bond donors (Lipinski definition) is 1. The molecule has 1 aliphatic rings. The average molecular weight is 250 g/mol. The van der Waals surface area contributed by atoms with Crippen molar-refractivity contribution in [1.82, 2.24) is 0 Å². The summed E-state index contributed by atoms with van der Waals surface area (Å²) in [5.74, 6) is 0.827. The van der Waals surface area contributed by atoms with Crippen LogP contribution in [-0.4, -0.2) is 23.4 Å². The van der Waals surface area contributed by atoms with E-state index in [9.17, 15) is 5.11 Å². The first-order valence-electron chi connectivity index (χ1n) is 6.55. The molecule has 2 rings (SSSR count). The van der Waals surface area contributed by atoms with Gasteiger partial charge in [0.1, 0.15) is 12.4 Å². The van der Waals surface area contributed by atoms with E-state index in [1.54, 1.807) is 6.92 Å². The van der Waals surface area contributed by atoms with Crippen LogP contribution < -0.4 is 4.74 Å². The molecule has 100 valence electrons. The maximum atomic E-state index is 9.41. The van der Waals surface area contributed by atoms with Gasteiger partial charge < -0.3 is 14.6 Å². The molecule has 0 radical (unpaired) electrons. The maximum Gasteiger partial charge on any atom is 0.119 e. The Balaban J connectivity index is 1.84. The molecule has 1 aromatic rings. The molecule has 1 aliphatic heterocycles. The van der Waals surface area contributed by atoms with Gasteiger partial charge in [0.05, 0.1) is 17.8 Å². The summed E-state index contributed by atoms with van der Waals surface area (Å²) in [6.45, 7) is 6.58. The Labute approximate surface area is 109 Å². The number of aliphatic hydroxyl groups is 1. The summed E-state index contributed by atoms with van der Waals surface area (Å²) in [6, 6.07) is 7.56. The minimum absolute atomic E-state index is 0.00972. The smallest absolute Gasteiger partial charge is 0.119 e. The lowest BCUT2D eigenvalue weighted by Gasteiger charge is -2.19. The van der Waals surface area contributed by atoms with Crippen molar-refractivity contribution in [3.05, 3.63) is 29.8 Å². The third-order valence-corrected chi connectivity index (χ3v) is 3.35. The molecule has 1 unspecified atom stereocenters. The van der Waals surface area contributed by atoms with Crippen LogP contribution in [0.4, 0.5) is 0 Å². The van der Waals surface area contributed by atoms with Crippen LogP contribution in [0.3, 0.4) is 0 Å². The third-order valence-electron chi connectivity index (χ3n) is 3.35. The fraction of sp³-hybridized carbons (Fsp3) is 0.600. The van der Waals surface area contributed by atoms with Crippen LogP contribution >= 0.6 is 0 Å². The summed E-state index contributed by atoms with van der Waals surface area (Å²) >= 11 is 0. The highest BCUT2D eigenvalue weighted by Crippen LogP contribution is 2.29. The van der Waals surface area contributed by atoms with Gasteiger partial charge in [0, 0.05) is 0 Å². The predicted octanol–water partition coefficient (Wildman–Crippen LogP) is 3.08. The third kappa shape index (κ3) is 3.47. The van der Waals surface area contributed by atoms with E-state index in [2.05, 4.69) is 13.8 Å². The Kier molecular flexibility index (Phi) is 3.93. The molecule has 3 heteroatoms. The fourth-order valence-corrected chi connectivity index (χ4v) is 2.23. The molecular formula is C15H22O3. The van der Waals surface area contributed by atoms with Crippen molar-refractivity contribution in [1.29, 1.82) is 0 Å². The lowest BCUT2D eigenvalue weighted by molar-refractivity contribution is -0.0326. The highest BCUT2D eigenvalue weighted by atomic mass is 16.6. The van der Waals surface area contributed by atoms with Crippen LogP contribution in [0.5, 0.6) is 5.75 Å². The molecule has 0 saturated carbocycles. The summed E-state index contributed by atoms with van der Waals surface area (Å²) in [7, 11) is 0. The van der Waals surface area contributed by atoms with Crippen molar-refractivity contribution in [2.24, 2.45) is 0 Å². The minimum atomic E-state index is -0.432. The lowest BCUT2D eigenvalue weighted by atomic mass is 10.1. The zero-order chi connectivity index (χ0) is 13.2. The van der Waals surface area contributed by atoms with E-state index in [1.165, 1.54) is 0 Å². The van der Waals surface area contributed by atoms with E-state index in [0.29, 0.717) is 6.61 Å². The summed E-state index contributed by atoms with van der Waals surface area (Å²) < 4.78 is 11.6. The van der Waals surface area contributed by atoms with Crippen molar-refractivity contribution in [3.8, 4) is 5.75 Å². The van der Waals surface area contributed by atoms with Gasteiger partial charge in [0.15, 0.2) is 0 Å². The molecular weight excluding hydrogens is 228 g/mol. The van der Waals surface area contributed by atoms with Crippen LogP contribution in [0, 0.1) is 0 Å². The second-order valence-corrected chi connectivity index (χ2v) is 5.59. The van der Waals surface area contributed by atoms with Crippen LogP contribution in [0.2, 0.25) is 0 Å². The monoisotopic (exact) mass is 250 g/mol. The second-order valence-electron chi connectivity index (χ2n) is 5.59. The molecule has 1 fully saturated rings.